The molecule has 1 aliphatic heterocycles. The molecule has 0 bridgehead atoms. The molecule has 0 aliphatic carbocycles. The standard InChI is InChI=1S/C13H19ClN2O/c14-12-2-4-13(5-3-12)17-11-10-16-8-1-6-15-7-9-16/h2-5,15H,1,6-11H2. The molecule has 3 nitrogen and oxygen atoms in total. The van der Waals surface area contributed by atoms with E-state index in [1.807, 2.05) is 24.3 Å². The molecule has 1 aromatic carbocycles. The molecule has 2 rings (SSSR count). The van der Waals surface area contributed by atoms with E-state index >= 15 is 0 Å². The van der Waals surface area contributed by atoms with E-state index in [1.165, 1.54) is 6.42 Å². The molecule has 0 saturated carbocycles. The van der Waals surface area contributed by atoms with Crippen LogP contribution in [-0.2, 0) is 0 Å². The lowest BCUT2D eigenvalue weighted by molar-refractivity contribution is 0.217. The quantitative estimate of drug-likeness (QED) is 0.890. The molecule has 1 aromatic rings. The fourth-order valence-corrected chi connectivity index (χ4v) is 2.07. The Morgan fingerprint density at radius 3 is 2.82 bits per heavy atom. The van der Waals surface area contributed by atoms with Crippen LogP contribution in [0, 0.1) is 0 Å². The summed E-state index contributed by atoms with van der Waals surface area (Å²) >= 11 is 5.81. The number of hydrogen-bond acceptors (Lipinski definition) is 3. The average Bonchev–Trinajstić information content (AvgIpc) is 2.60. The van der Waals surface area contributed by atoms with Crippen LogP contribution in [0.2, 0.25) is 5.02 Å². The van der Waals surface area contributed by atoms with E-state index in [0.717, 1.165) is 50.1 Å². The Hall–Kier alpha value is -0.770. The van der Waals surface area contributed by atoms with Crippen molar-refractivity contribution in [1.82, 2.24) is 10.2 Å². The van der Waals surface area contributed by atoms with E-state index in [9.17, 15) is 0 Å². The number of halogens is 1. The molecule has 0 unspecified atom stereocenters. The fourth-order valence-electron chi connectivity index (χ4n) is 1.95. The molecule has 1 fully saturated rings. The largest absolute Gasteiger partial charge is 0.492 e. The predicted octanol–water partition coefficient (Wildman–Crippen LogP) is 2.01. The van der Waals surface area contributed by atoms with Crippen molar-refractivity contribution in [1.29, 1.82) is 0 Å². The van der Waals surface area contributed by atoms with Crippen LogP contribution < -0.4 is 10.1 Å². The lowest BCUT2D eigenvalue weighted by Gasteiger charge is -2.19. The van der Waals surface area contributed by atoms with Crippen LogP contribution in [0.1, 0.15) is 6.42 Å². The topological polar surface area (TPSA) is 24.5 Å². The summed E-state index contributed by atoms with van der Waals surface area (Å²) in [6.07, 6.45) is 1.22. The lowest BCUT2D eigenvalue weighted by atomic mass is 10.3. The third-order valence-electron chi connectivity index (χ3n) is 2.92. The second-order valence-corrected chi connectivity index (χ2v) is 4.68. The summed E-state index contributed by atoms with van der Waals surface area (Å²) in [6, 6.07) is 7.53. The van der Waals surface area contributed by atoms with Gasteiger partial charge in [-0.3, -0.25) is 4.90 Å². The first kappa shape index (κ1) is 12.7. The number of nitrogens with one attached hydrogen (secondary N) is 1. The van der Waals surface area contributed by atoms with Crippen molar-refractivity contribution in [3.63, 3.8) is 0 Å². The molecular formula is C13H19ClN2O. The maximum atomic E-state index is 5.81. The highest BCUT2D eigenvalue weighted by atomic mass is 35.5. The number of benzene rings is 1. The van der Waals surface area contributed by atoms with Crippen LogP contribution in [0.3, 0.4) is 0 Å². The summed E-state index contributed by atoms with van der Waals surface area (Å²) in [5.74, 6) is 0.891. The highest BCUT2D eigenvalue weighted by molar-refractivity contribution is 6.30. The van der Waals surface area contributed by atoms with Crippen molar-refractivity contribution in [3.05, 3.63) is 29.3 Å². The first-order valence-corrected chi connectivity index (χ1v) is 6.54. The van der Waals surface area contributed by atoms with Gasteiger partial charge in [-0.15, -0.1) is 0 Å². The van der Waals surface area contributed by atoms with Crippen molar-refractivity contribution in [2.75, 3.05) is 39.3 Å². The molecule has 0 amide bonds. The van der Waals surface area contributed by atoms with Crippen LogP contribution in [-0.4, -0.2) is 44.2 Å². The van der Waals surface area contributed by atoms with Crippen molar-refractivity contribution < 1.29 is 4.74 Å². The Morgan fingerprint density at radius 1 is 1.18 bits per heavy atom. The number of hydrogen-bond donors (Lipinski definition) is 1. The van der Waals surface area contributed by atoms with Crippen LogP contribution in [0.5, 0.6) is 5.75 Å². The van der Waals surface area contributed by atoms with Gasteiger partial charge < -0.3 is 10.1 Å². The molecule has 1 aliphatic rings. The monoisotopic (exact) mass is 254 g/mol. The van der Waals surface area contributed by atoms with E-state index in [0.29, 0.717) is 0 Å². The Balaban J connectivity index is 1.69. The van der Waals surface area contributed by atoms with Crippen molar-refractivity contribution in [2.24, 2.45) is 0 Å². The molecule has 0 aromatic heterocycles. The lowest BCUT2D eigenvalue weighted by Crippen LogP contribution is -2.31. The van der Waals surface area contributed by atoms with E-state index < -0.39 is 0 Å². The number of rotatable bonds is 4. The molecule has 94 valence electrons. The molecule has 4 heteroatoms. The summed E-state index contributed by atoms with van der Waals surface area (Å²) in [6.45, 7) is 6.22. The molecule has 1 saturated heterocycles. The average molecular weight is 255 g/mol. The molecule has 0 spiro atoms. The van der Waals surface area contributed by atoms with E-state index in [2.05, 4.69) is 10.2 Å². The molecule has 0 atom stereocenters. The SMILES string of the molecule is Clc1ccc(OCCN2CCCNCC2)cc1. The van der Waals surface area contributed by atoms with Gasteiger partial charge in [-0.2, -0.15) is 0 Å². The van der Waals surface area contributed by atoms with Crippen LogP contribution >= 0.6 is 11.6 Å². The van der Waals surface area contributed by atoms with Crippen LogP contribution in [0.25, 0.3) is 0 Å². The Bertz CT molecular complexity index is 321. The Morgan fingerprint density at radius 2 is 2.00 bits per heavy atom. The number of ether oxygens (including phenoxy) is 1. The van der Waals surface area contributed by atoms with Crippen molar-refractivity contribution in [2.45, 2.75) is 6.42 Å². The first-order chi connectivity index (χ1) is 8.34. The van der Waals surface area contributed by atoms with Gasteiger partial charge in [0.15, 0.2) is 0 Å². The minimum Gasteiger partial charge on any atom is -0.492 e. The maximum absolute atomic E-state index is 5.81. The van der Waals surface area contributed by atoms with E-state index in [4.69, 9.17) is 16.3 Å². The predicted molar refractivity (Wildman–Crippen MR) is 70.9 cm³/mol. The zero-order chi connectivity index (χ0) is 11.9. The summed E-state index contributed by atoms with van der Waals surface area (Å²) in [5, 5.41) is 4.14. The fraction of sp³-hybridized carbons (Fsp3) is 0.538. The molecule has 1 N–H and O–H groups in total. The Kier molecular flexibility index (Phi) is 5.10. The molecule has 1 heterocycles. The van der Waals surface area contributed by atoms with Crippen LogP contribution in [0.4, 0.5) is 0 Å². The summed E-state index contributed by atoms with van der Waals surface area (Å²) < 4.78 is 5.68. The highest BCUT2D eigenvalue weighted by Crippen LogP contribution is 2.15. The van der Waals surface area contributed by atoms with Gasteiger partial charge in [0.05, 0.1) is 0 Å². The van der Waals surface area contributed by atoms with E-state index in [1.54, 1.807) is 0 Å². The minimum atomic E-state index is 0.738. The second-order valence-electron chi connectivity index (χ2n) is 4.25. The summed E-state index contributed by atoms with van der Waals surface area (Å²) in [7, 11) is 0. The van der Waals surface area contributed by atoms with Gasteiger partial charge in [-0.05, 0) is 43.8 Å². The normalized spacial score (nSPS) is 17.7. The summed E-state index contributed by atoms with van der Waals surface area (Å²) in [5.41, 5.74) is 0. The third-order valence-corrected chi connectivity index (χ3v) is 3.17. The summed E-state index contributed by atoms with van der Waals surface area (Å²) in [4.78, 5) is 2.44. The van der Waals surface area contributed by atoms with Gasteiger partial charge in [0, 0.05) is 24.7 Å². The maximum Gasteiger partial charge on any atom is 0.119 e. The first-order valence-electron chi connectivity index (χ1n) is 6.16. The van der Waals surface area contributed by atoms with Gasteiger partial charge in [0.1, 0.15) is 12.4 Å². The van der Waals surface area contributed by atoms with Gasteiger partial charge >= 0.3 is 0 Å². The van der Waals surface area contributed by atoms with Gasteiger partial charge in [-0.1, -0.05) is 11.6 Å². The molecule has 17 heavy (non-hydrogen) atoms. The van der Waals surface area contributed by atoms with Crippen molar-refractivity contribution >= 4 is 11.6 Å². The van der Waals surface area contributed by atoms with Gasteiger partial charge in [0.2, 0.25) is 0 Å². The van der Waals surface area contributed by atoms with E-state index in [-0.39, 0.29) is 0 Å². The van der Waals surface area contributed by atoms with Crippen LogP contribution in [0.15, 0.2) is 24.3 Å². The van der Waals surface area contributed by atoms with Gasteiger partial charge in [0.25, 0.3) is 0 Å². The smallest absolute Gasteiger partial charge is 0.119 e. The molecule has 0 radical (unpaired) electrons. The minimum absolute atomic E-state index is 0.738. The van der Waals surface area contributed by atoms with Gasteiger partial charge in [-0.25, -0.2) is 0 Å². The highest BCUT2D eigenvalue weighted by Gasteiger charge is 2.07. The molecular weight excluding hydrogens is 236 g/mol. The van der Waals surface area contributed by atoms with Crippen molar-refractivity contribution in [3.8, 4) is 5.75 Å². The zero-order valence-corrected chi connectivity index (χ0v) is 10.7. The zero-order valence-electron chi connectivity index (χ0n) is 9.99. The number of nitrogens with zero attached hydrogens (tertiary/aromatic N) is 1. The Labute approximate surface area is 108 Å². The third kappa shape index (κ3) is 4.54. The second kappa shape index (κ2) is 6.84.